The van der Waals surface area contributed by atoms with Gasteiger partial charge in [0.05, 0.1) is 5.70 Å². The van der Waals surface area contributed by atoms with Crippen LogP contribution in [-0.2, 0) is 0 Å². The number of nitrogens with zero attached hydrogens (tertiary/aromatic N) is 1. The quantitative estimate of drug-likeness (QED) is 0.695. The van der Waals surface area contributed by atoms with Crippen LogP contribution in [0.25, 0.3) is 0 Å². The Balaban J connectivity index is 2.11. The van der Waals surface area contributed by atoms with Crippen molar-refractivity contribution in [1.82, 2.24) is 5.32 Å². The number of hydrogen-bond donors (Lipinski definition) is 3. The van der Waals surface area contributed by atoms with Crippen molar-refractivity contribution >= 4 is 12.1 Å². The Morgan fingerprint density at radius 3 is 2.84 bits per heavy atom. The molecule has 1 aromatic carbocycles. The average molecular weight is 258 g/mol. The number of hydrogen-bond acceptors (Lipinski definition) is 4. The number of carbonyl (C=O) groups is 1. The van der Waals surface area contributed by atoms with E-state index in [1.807, 2.05) is 18.2 Å². The number of benzene rings is 1. The van der Waals surface area contributed by atoms with Gasteiger partial charge >= 0.3 is 0 Å². The van der Waals surface area contributed by atoms with Gasteiger partial charge in [-0.05, 0) is 24.1 Å². The van der Waals surface area contributed by atoms with Crippen molar-refractivity contribution in [2.75, 3.05) is 7.05 Å². The van der Waals surface area contributed by atoms with Gasteiger partial charge in [-0.3, -0.25) is 9.79 Å². The Labute approximate surface area is 112 Å². The molecule has 19 heavy (non-hydrogen) atoms. The van der Waals surface area contributed by atoms with Gasteiger partial charge in [-0.1, -0.05) is 12.1 Å². The van der Waals surface area contributed by atoms with E-state index in [0.29, 0.717) is 17.2 Å². The molecule has 0 saturated heterocycles. The van der Waals surface area contributed by atoms with Crippen LogP contribution in [-0.4, -0.2) is 25.2 Å². The van der Waals surface area contributed by atoms with E-state index in [0.717, 1.165) is 12.0 Å². The fourth-order valence-electron chi connectivity index (χ4n) is 1.97. The second-order valence-corrected chi connectivity index (χ2v) is 4.59. The summed E-state index contributed by atoms with van der Waals surface area (Å²) >= 11 is 0. The lowest BCUT2D eigenvalue weighted by atomic mass is 10.1. The van der Waals surface area contributed by atoms with Gasteiger partial charge in [0.1, 0.15) is 0 Å². The zero-order valence-electron chi connectivity index (χ0n) is 10.8. The molecule has 0 aromatic heterocycles. The summed E-state index contributed by atoms with van der Waals surface area (Å²) in [5.41, 5.74) is 13.4. The smallest absolute Gasteiger partial charge is 0.255 e. The van der Waals surface area contributed by atoms with Crippen molar-refractivity contribution in [3.05, 3.63) is 47.3 Å². The fourth-order valence-corrected chi connectivity index (χ4v) is 1.97. The molecule has 100 valence electrons. The molecule has 1 saturated carbocycles. The van der Waals surface area contributed by atoms with Gasteiger partial charge in [0.15, 0.2) is 0 Å². The molecule has 1 fully saturated rings. The van der Waals surface area contributed by atoms with Crippen LogP contribution in [0.15, 0.2) is 41.2 Å². The highest BCUT2D eigenvalue weighted by Crippen LogP contribution is 2.39. The van der Waals surface area contributed by atoms with E-state index < -0.39 is 0 Å². The molecule has 2 atom stereocenters. The summed E-state index contributed by atoms with van der Waals surface area (Å²) in [6, 6.07) is 7.75. The van der Waals surface area contributed by atoms with Gasteiger partial charge in [-0.2, -0.15) is 0 Å². The minimum atomic E-state index is -0.201. The summed E-state index contributed by atoms with van der Waals surface area (Å²) < 4.78 is 0. The number of nitrogens with two attached hydrogens (primary N) is 2. The van der Waals surface area contributed by atoms with Crippen molar-refractivity contribution in [2.24, 2.45) is 16.5 Å². The maximum Gasteiger partial charge on any atom is 0.255 e. The third kappa shape index (κ3) is 3.20. The van der Waals surface area contributed by atoms with Crippen LogP contribution >= 0.6 is 0 Å². The first-order valence-electron chi connectivity index (χ1n) is 6.16. The van der Waals surface area contributed by atoms with Gasteiger partial charge < -0.3 is 16.8 Å². The first-order chi connectivity index (χ1) is 9.15. The van der Waals surface area contributed by atoms with Crippen molar-refractivity contribution in [3.8, 4) is 0 Å². The normalized spacial score (nSPS) is 22.5. The highest BCUT2D eigenvalue weighted by molar-refractivity contribution is 5.98. The van der Waals surface area contributed by atoms with E-state index in [1.165, 1.54) is 12.4 Å². The number of rotatable bonds is 4. The lowest BCUT2D eigenvalue weighted by Gasteiger charge is -2.06. The fraction of sp³-hybridized carbons (Fsp3) is 0.286. The van der Waals surface area contributed by atoms with Gasteiger partial charge in [-0.15, -0.1) is 0 Å². The molecular weight excluding hydrogens is 240 g/mol. The Morgan fingerprint density at radius 2 is 2.26 bits per heavy atom. The predicted octanol–water partition coefficient (Wildman–Crippen LogP) is 0.732. The highest BCUT2D eigenvalue weighted by Gasteiger charge is 2.34. The topological polar surface area (TPSA) is 93.5 Å². The summed E-state index contributed by atoms with van der Waals surface area (Å²) in [4.78, 5) is 15.9. The Morgan fingerprint density at radius 1 is 1.53 bits per heavy atom. The lowest BCUT2D eigenvalue weighted by molar-refractivity contribution is 0.0968. The standard InChI is InChI=1S/C14H18N4O/c1-17-8-11(7-15)18-14(19)10-4-2-3-9(5-10)12-6-13(12)16/h2-5,7-8,12-13H,6,15-16H2,1H3,(H,18,19). The molecule has 0 aliphatic heterocycles. The Kier molecular flexibility index (Phi) is 3.97. The number of aliphatic imine (C=N–C) groups is 1. The molecule has 1 aromatic rings. The van der Waals surface area contributed by atoms with Crippen LogP contribution in [0.1, 0.15) is 28.3 Å². The second kappa shape index (κ2) is 5.67. The molecule has 0 radical (unpaired) electrons. The van der Waals surface area contributed by atoms with E-state index in [1.54, 1.807) is 13.1 Å². The molecule has 2 rings (SSSR count). The van der Waals surface area contributed by atoms with Crippen LogP contribution < -0.4 is 16.8 Å². The van der Waals surface area contributed by atoms with Crippen LogP contribution in [0.4, 0.5) is 0 Å². The van der Waals surface area contributed by atoms with Crippen molar-refractivity contribution in [1.29, 1.82) is 0 Å². The molecule has 1 amide bonds. The zero-order valence-corrected chi connectivity index (χ0v) is 10.8. The molecule has 5 heteroatoms. The predicted molar refractivity (Wildman–Crippen MR) is 75.9 cm³/mol. The molecule has 5 nitrogen and oxygen atoms in total. The molecule has 5 N–H and O–H groups in total. The van der Waals surface area contributed by atoms with E-state index in [2.05, 4.69) is 10.3 Å². The maximum atomic E-state index is 12.1. The van der Waals surface area contributed by atoms with Crippen LogP contribution in [0.3, 0.4) is 0 Å². The third-order valence-electron chi connectivity index (χ3n) is 3.12. The molecule has 1 aliphatic carbocycles. The number of allylic oxidation sites excluding steroid dienone is 1. The first-order valence-corrected chi connectivity index (χ1v) is 6.16. The van der Waals surface area contributed by atoms with Gasteiger partial charge in [0.25, 0.3) is 5.91 Å². The zero-order chi connectivity index (χ0) is 13.8. The average Bonchev–Trinajstić information content (AvgIpc) is 3.15. The molecule has 0 spiro atoms. The summed E-state index contributed by atoms with van der Waals surface area (Å²) in [7, 11) is 1.62. The Hall–Kier alpha value is -2.14. The lowest BCUT2D eigenvalue weighted by Crippen LogP contribution is -2.24. The van der Waals surface area contributed by atoms with Crippen LogP contribution in [0.5, 0.6) is 0 Å². The number of nitrogens with one attached hydrogen (secondary N) is 1. The summed E-state index contributed by atoms with van der Waals surface area (Å²) in [5, 5.41) is 2.70. The summed E-state index contributed by atoms with van der Waals surface area (Å²) in [5.74, 6) is 0.183. The molecule has 1 aliphatic rings. The van der Waals surface area contributed by atoms with Crippen molar-refractivity contribution in [2.45, 2.75) is 18.4 Å². The summed E-state index contributed by atoms with van der Waals surface area (Å²) in [6.45, 7) is 0. The van der Waals surface area contributed by atoms with Crippen LogP contribution in [0.2, 0.25) is 0 Å². The number of amides is 1. The van der Waals surface area contributed by atoms with E-state index in [4.69, 9.17) is 11.5 Å². The van der Waals surface area contributed by atoms with E-state index >= 15 is 0 Å². The first kappa shape index (κ1) is 13.3. The molecule has 0 heterocycles. The van der Waals surface area contributed by atoms with E-state index in [-0.39, 0.29) is 11.9 Å². The second-order valence-electron chi connectivity index (χ2n) is 4.59. The SMILES string of the molecule is CN=CC(=CN)NC(=O)c1cccc(C2CC2N)c1. The van der Waals surface area contributed by atoms with Gasteiger partial charge in [0, 0.05) is 37.0 Å². The van der Waals surface area contributed by atoms with Crippen molar-refractivity contribution < 1.29 is 4.79 Å². The largest absolute Gasteiger partial charge is 0.403 e. The molecule has 2 unspecified atom stereocenters. The molecule has 0 bridgehead atoms. The van der Waals surface area contributed by atoms with Crippen LogP contribution in [0, 0.1) is 0 Å². The van der Waals surface area contributed by atoms with E-state index in [9.17, 15) is 4.79 Å². The highest BCUT2D eigenvalue weighted by atomic mass is 16.1. The number of carbonyl (C=O) groups excluding carboxylic acids is 1. The minimum absolute atomic E-state index is 0.201. The minimum Gasteiger partial charge on any atom is -0.403 e. The molecular formula is C14H18N4O. The maximum absolute atomic E-state index is 12.1. The monoisotopic (exact) mass is 258 g/mol. The van der Waals surface area contributed by atoms with Gasteiger partial charge in [0.2, 0.25) is 0 Å². The van der Waals surface area contributed by atoms with Crippen molar-refractivity contribution in [3.63, 3.8) is 0 Å². The summed E-state index contributed by atoms with van der Waals surface area (Å²) in [6.07, 6.45) is 3.80. The Bertz CT molecular complexity index is 536. The third-order valence-corrected chi connectivity index (χ3v) is 3.12. The van der Waals surface area contributed by atoms with Gasteiger partial charge in [-0.25, -0.2) is 0 Å².